The molecule has 1 N–H and O–H groups in total. The summed E-state index contributed by atoms with van der Waals surface area (Å²) in [6.45, 7) is 6.86. The quantitative estimate of drug-likeness (QED) is 0.394. The summed E-state index contributed by atoms with van der Waals surface area (Å²) in [6.07, 6.45) is 15.9. The van der Waals surface area contributed by atoms with Gasteiger partial charge < -0.3 is 4.98 Å². The molecule has 0 aliphatic heterocycles. The monoisotopic (exact) mass is 360 g/mol. The Labute approximate surface area is 158 Å². The number of hydrogen-bond acceptors (Lipinski definition) is 2. The number of fused-ring (bicyclic) bond motifs is 1. The molecule has 0 bridgehead atoms. The van der Waals surface area contributed by atoms with Crippen molar-refractivity contribution >= 4 is 22.8 Å². The fourth-order valence-electron chi connectivity index (χ4n) is 3.81. The predicted molar refractivity (Wildman–Crippen MR) is 114 cm³/mol. The van der Waals surface area contributed by atoms with Crippen molar-refractivity contribution in [3.8, 4) is 0 Å². The Kier molecular flexibility index (Phi) is 8.88. The lowest BCUT2D eigenvalue weighted by Crippen LogP contribution is -2.00. The molecule has 0 aliphatic rings. The van der Waals surface area contributed by atoms with E-state index in [9.17, 15) is 0 Å². The molecule has 2 aromatic heterocycles. The van der Waals surface area contributed by atoms with Crippen LogP contribution in [0.25, 0.3) is 11.0 Å². The number of thioether (sulfide) groups is 1. The average molecular weight is 361 g/mol. The van der Waals surface area contributed by atoms with Crippen LogP contribution in [0.4, 0.5) is 0 Å². The molecule has 3 heteroatoms. The summed E-state index contributed by atoms with van der Waals surface area (Å²) in [7, 11) is 0. The number of aromatic amines is 1. The van der Waals surface area contributed by atoms with Gasteiger partial charge in [0.2, 0.25) is 0 Å². The molecule has 2 aromatic rings. The zero-order valence-corrected chi connectivity index (χ0v) is 17.4. The first kappa shape index (κ1) is 20.4. The Balaban J connectivity index is 2.31. The van der Waals surface area contributed by atoms with Gasteiger partial charge in [-0.2, -0.15) is 11.8 Å². The minimum absolute atomic E-state index is 0.557. The van der Waals surface area contributed by atoms with Gasteiger partial charge in [0.05, 0.1) is 0 Å². The van der Waals surface area contributed by atoms with Gasteiger partial charge in [0.25, 0.3) is 0 Å². The first-order chi connectivity index (χ1) is 12.2. The zero-order chi connectivity index (χ0) is 18.1. The van der Waals surface area contributed by atoms with E-state index in [1.807, 2.05) is 18.0 Å². The molecule has 2 nitrogen and oxygen atoms in total. The molecule has 0 aromatic carbocycles. The Morgan fingerprint density at radius 2 is 1.76 bits per heavy atom. The summed E-state index contributed by atoms with van der Waals surface area (Å²) < 4.78 is 0. The lowest BCUT2D eigenvalue weighted by molar-refractivity contribution is 0.517. The van der Waals surface area contributed by atoms with Crippen molar-refractivity contribution < 1.29 is 0 Å². The van der Waals surface area contributed by atoms with E-state index in [-0.39, 0.29) is 0 Å². The predicted octanol–water partition coefficient (Wildman–Crippen LogP) is 7.62. The standard InChI is InChI=1S/C22H36N2S/c1-5-8-10-13-17(12-9-6-2)18-14-15-23-22-19(18)16-20(24-22)21(25-4)11-7-3/h14-17,21H,5-13H2,1-4H3,(H,23,24). The summed E-state index contributed by atoms with van der Waals surface area (Å²) in [5.74, 6) is 0.680. The van der Waals surface area contributed by atoms with Crippen LogP contribution in [-0.2, 0) is 0 Å². The number of nitrogens with one attached hydrogen (secondary N) is 1. The summed E-state index contributed by atoms with van der Waals surface area (Å²) in [5.41, 5.74) is 3.96. The fourth-order valence-corrected chi connectivity index (χ4v) is 4.66. The van der Waals surface area contributed by atoms with Crippen molar-refractivity contribution in [2.75, 3.05) is 6.26 Å². The Bertz CT molecular complexity index is 620. The number of rotatable bonds is 12. The Morgan fingerprint density at radius 3 is 2.44 bits per heavy atom. The number of nitrogens with zero attached hydrogens (tertiary/aromatic N) is 1. The summed E-state index contributed by atoms with van der Waals surface area (Å²) in [6, 6.07) is 4.67. The van der Waals surface area contributed by atoms with Crippen molar-refractivity contribution in [3.05, 3.63) is 29.6 Å². The highest BCUT2D eigenvalue weighted by atomic mass is 32.2. The second-order valence-electron chi connectivity index (χ2n) is 7.24. The fraction of sp³-hybridized carbons (Fsp3) is 0.682. The molecule has 0 fully saturated rings. The van der Waals surface area contributed by atoms with Crippen molar-refractivity contribution in [2.45, 2.75) is 89.7 Å². The van der Waals surface area contributed by atoms with Gasteiger partial charge in [-0.05, 0) is 49.1 Å². The van der Waals surface area contributed by atoms with E-state index in [2.05, 4.69) is 49.1 Å². The van der Waals surface area contributed by atoms with Crippen LogP contribution in [-0.4, -0.2) is 16.2 Å². The summed E-state index contributed by atoms with van der Waals surface area (Å²) in [5, 5.41) is 1.92. The first-order valence-corrected chi connectivity index (χ1v) is 11.5. The van der Waals surface area contributed by atoms with Crippen molar-refractivity contribution in [2.24, 2.45) is 0 Å². The second-order valence-corrected chi connectivity index (χ2v) is 8.28. The number of H-pyrrole nitrogens is 1. The topological polar surface area (TPSA) is 28.7 Å². The van der Waals surface area contributed by atoms with Gasteiger partial charge in [0.15, 0.2) is 0 Å². The van der Waals surface area contributed by atoms with Gasteiger partial charge in [-0.25, -0.2) is 4.98 Å². The third-order valence-electron chi connectivity index (χ3n) is 5.27. The van der Waals surface area contributed by atoms with Crippen LogP contribution >= 0.6 is 11.8 Å². The smallest absolute Gasteiger partial charge is 0.137 e. The number of pyridine rings is 1. The van der Waals surface area contributed by atoms with Gasteiger partial charge in [-0.3, -0.25) is 0 Å². The van der Waals surface area contributed by atoms with Crippen LogP contribution in [0.3, 0.4) is 0 Å². The Hall–Kier alpha value is -0.960. The third kappa shape index (κ3) is 5.51. The normalized spacial score (nSPS) is 14.1. The molecule has 0 saturated heterocycles. The summed E-state index contributed by atoms with van der Waals surface area (Å²) >= 11 is 1.95. The molecule has 0 amide bonds. The molecule has 2 atom stereocenters. The maximum absolute atomic E-state index is 4.63. The van der Waals surface area contributed by atoms with Gasteiger partial charge in [-0.15, -0.1) is 0 Å². The third-order valence-corrected chi connectivity index (χ3v) is 6.33. The van der Waals surface area contributed by atoms with Gasteiger partial charge in [0, 0.05) is 22.5 Å². The van der Waals surface area contributed by atoms with Gasteiger partial charge in [-0.1, -0.05) is 59.3 Å². The lowest BCUT2D eigenvalue weighted by atomic mass is 9.87. The lowest BCUT2D eigenvalue weighted by Gasteiger charge is -2.18. The van der Waals surface area contributed by atoms with Crippen molar-refractivity contribution in [1.29, 1.82) is 0 Å². The maximum Gasteiger partial charge on any atom is 0.137 e. The largest absolute Gasteiger partial charge is 0.342 e. The zero-order valence-electron chi connectivity index (χ0n) is 16.6. The molecule has 25 heavy (non-hydrogen) atoms. The first-order valence-electron chi connectivity index (χ1n) is 10.2. The van der Waals surface area contributed by atoms with Crippen LogP contribution in [0, 0.1) is 0 Å². The molecular weight excluding hydrogens is 324 g/mol. The van der Waals surface area contributed by atoms with Crippen molar-refractivity contribution in [3.63, 3.8) is 0 Å². The van der Waals surface area contributed by atoms with Crippen LogP contribution in [0.15, 0.2) is 18.3 Å². The highest BCUT2D eigenvalue weighted by Crippen LogP contribution is 2.36. The highest BCUT2D eigenvalue weighted by Gasteiger charge is 2.18. The molecule has 2 heterocycles. The van der Waals surface area contributed by atoms with E-state index in [1.165, 1.54) is 74.4 Å². The molecule has 2 unspecified atom stereocenters. The number of hydrogen-bond donors (Lipinski definition) is 1. The van der Waals surface area contributed by atoms with Crippen LogP contribution in [0.5, 0.6) is 0 Å². The van der Waals surface area contributed by atoms with Gasteiger partial charge in [0.1, 0.15) is 5.65 Å². The molecule has 0 aliphatic carbocycles. The molecule has 0 spiro atoms. The Morgan fingerprint density at radius 1 is 1.00 bits per heavy atom. The van der Waals surface area contributed by atoms with E-state index in [1.54, 1.807) is 0 Å². The van der Waals surface area contributed by atoms with Gasteiger partial charge >= 0.3 is 0 Å². The van der Waals surface area contributed by atoms with Crippen LogP contribution in [0.2, 0.25) is 0 Å². The van der Waals surface area contributed by atoms with E-state index < -0.39 is 0 Å². The van der Waals surface area contributed by atoms with Crippen LogP contribution in [0.1, 0.15) is 101 Å². The molecule has 2 rings (SSSR count). The average Bonchev–Trinajstić information content (AvgIpc) is 3.06. The minimum Gasteiger partial charge on any atom is -0.342 e. The minimum atomic E-state index is 0.557. The van der Waals surface area contributed by atoms with E-state index >= 15 is 0 Å². The maximum atomic E-state index is 4.63. The second kappa shape index (κ2) is 10.9. The van der Waals surface area contributed by atoms with E-state index in [4.69, 9.17) is 0 Å². The summed E-state index contributed by atoms with van der Waals surface area (Å²) in [4.78, 5) is 8.25. The number of aromatic nitrogens is 2. The van der Waals surface area contributed by atoms with Crippen molar-refractivity contribution in [1.82, 2.24) is 9.97 Å². The highest BCUT2D eigenvalue weighted by molar-refractivity contribution is 7.98. The molecular formula is C22H36N2S. The van der Waals surface area contributed by atoms with Crippen LogP contribution < -0.4 is 0 Å². The van der Waals surface area contributed by atoms with E-state index in [0.29, 0.717) is 11.2 Å². The molecule has 140 valence electrons. The molecule has 0 saturated carbocycles. The number of unbranched alkanes of at least 4 members (excludes halogenated alkanes) is 3. The molecule has 0 radical (unpaired) electrons. The van der Waals surface area contributed by atoms with E-state index in [0.717, 1.165) is 5.65 Å². The SMILES string of the molecule is CCCCCC(CCCC)c1ccnc2[nH]c(C(CCC)SC)cc12.